The minimum absolute atomic E-state index is 0.0854. The molecule has 25 heavy (non-hydrogen) atoms. The van der Waals surface area contributed by atoms with Crippen LogP contribution in [0, 0.1) is 11.7 Å². The summed E-state index contributed by atoms with van der Waals surface area (Å²) in [7, 11) is 3.77. The molecular weight excluding hydrogens is 319 g/mol. The third-order valence-corrected chi connectivity index (χ3v) is 4.73. The summed E-state index contributed by atoms with van der Waals surface area (Å²) in [6.07, 6.45) is 2.08. The molecule has 1 aliphatic rings. The lowest BCUT2D eigenvalue weighted by molar-refractivity contribution is 0.243. The average molecular weight is 344 g/mol. The molecular formula is C18H25FN6. The first-order chi connectivity index (χ1) is 11.9. The topological polar surface area (TPSA) is 71.2 Å². The number of nitrogen functional groups attached to an aromatic ring is 1. The largest absolute Gasteiger partial charge is 0.368 e. The van der Waals surface area contributed by atoms with Gasteiger partial charge < -0.3 is 10.6 Å². The molecule has 0 radical (unpaired) electrons. The van der Waals surface area contributed by atoms with Gasteiger partial charge in [0.05, 0.1) is 6.04 Å². The van der Waals surface area contributed by atoms with Gasteiger partial charge in [0, 0.05) is 20.6 Å². The molecule has 3 rings (SSSR count). The van der Waals surface area contributed by atoms with Crippen molar-refractivity contribution in [2.45, 2.75) is 25.8 Å². The number of benzene rings is 1. The molecule has 7 heteroatoms. The minimum atomic E-state index is -0.186. The Hall–Kier alpha value is -2.28. The molecule has 0 spiro atoms. The fraction of sp³-hybridized carbons (Fsp3) is 0.500. The molecule has 1 fully saturated rings. The normalized spacial score (nSPS) is 19.1. The van der Waals surface area contributed by atoms with E-state index >= 15 is 0 Å². The van der Waals surface area contributed by atoms with E-state index in [2.05, 4.69) is 26.8 Å². The fourth-order valence-corrected chi connectivity index (χ4v) is 3.28. The van der Waals surface area contributed by atoms with Crippen LogP contribution >= 0.6 is 0 Å². The number of halogens is 1. The third-order valence-electron chi connectivity index (χ3n) is 4.73. The van der Waals surface area contributed by atoms with Gasteiger partial charge in [0.2, 0.25) is 11.9 Å². The number of rotatable bonds is 5. The lowest BCUT2D eigenvalue weighted by Crippen LogP contribution is -2.27. The monoisotopic (exact) mass is 344 g/mol. The second kappa shape index (κ2) is 7.31. The maximum atomic E-state index is 13.0. The van der Waals surface area contributed by atoms with Crippen molar-refractivity contribution in [3.8, 4) is 0 Å². The zero-order valence-corrected chi connectivity index (χ0v) is 15.0. The Morgan fingerprint density at radius 1 is 1.24 bits per heavy atom. The van der Waals surface area contributed by atoms with E-state index in [0.717, 1.165) is 25.9 Å². The lowest BCUT2D eigenvalue weighted by atomic mass is 9.99. The molecule has 2 N–H and O–H groups in total. The van der Waals surface area contributed by atoms with Crippen LogP contribution in [0.2, 0.25) is 0 Å². The van der Waals surface area contributed by atoms with Gasteiger partial charge >= 0.3 is 0 Å². The van der Waals surface area contributed by atoms with Gasteiger partial charge in [-0.1, -0.05) is 12.1 Å². The maximum Gasteiger partial charge on any atom is 0.229 e. The van der Waals surface area contributed by atoms with Crippen LogP contribution in [0.5, 0.6) is 0 Å². The predicted molar refractivity (Wildman–Crippen MR) is 96.8 cm³/mol. The second-order valence-electron chi connectivity index (χ2n) is 6.90. The Morgan fingerprint density at radius 3 is 2.64 bits per heavy atom. The van der Waals surface area contributed by atoms with E-state index in [0.29, 0.717) is 17.7 Å². The van der Waals surface area contributed by atoms with Crippen LogP contribution in [-0.2, 0) is 6.42 Å². The van der Waals surface area contributed by atoms with Crippen LogP contribution in [0.15, 0.2) is 24.3 Å². The molecule has 1 aromatic heterocycles. The summed E-state index contributed by atoms with van der Waals surface area (Å²) in [5.41, 5.74) is 7.02. The molecule has 1 aromatic carbocycles. The summed E-state index contributed by atoms with van der Waals surface area (Å²) in [5.74, 6) is 1.91. The number of anilines is 2. The van der Waals surface area contributed by atoms with Gasteiger partial charge in [-0.2, -0.15) is 15.0 Å². The molecule has 0 aliphatic carbocycles. The van der Waals surface area contributed by atoms with E-state index < -0.39 is 0 Å². The number of hydrogen-bond donors (Lipinski definition) is 1. The van der Waals surface area contributed by atoms with Gasteiger partial charge in [-0.3, -0.25) is 4.90 Å². The molecule has 2 aromatic rings. The first-order valence-electron chi connectivity index (χ1n) is 8.59. The summed E-state index contributed by atoms with van der Waals surface area (Å²) in [6, 6.07) is 6.89. The molecule has 0 amide bonds. The van der Waals surface area contributed by atoms with Crippen LogP contribution in [0.3, 0.4) is 0 Å². The van der Waals surface area contributed by atoms with Crippen LogP contribution in [0.4, 0.5) is 16.3 Å². The Labute approximate surface area is 147 Å². The van der Waals surface area contributed by atoms with E-state index in [1.807, 2.05) is 31.1 Å². The summed E-state index contributed by atoms with van der Waals surface area (Å²) < 4.78 is 13.0. The first-order valence-corrected chi connectivity index (χ1v) is 8.59. The standard InChI is InChI=1S/C18H25FN6/c1-12(16-21-17(20)23-18(22-16)24(2)3)25-9-8-14(11-25)10-13-4-6-15(19)7-5-13/h4-7,12,14H,8-11H2,1-3H3,(H2,20,21,22,23). The van der Waals surface area contributed by atoms with Gasteiger partial charge in [0.15, 0.2) is 5.82 Å². The Balaban J connectivity index is 1.66. The van der Waals surface area contributed by atoms with Crippen LogP contribution in [-0.4, -0.2) is 47.0 Å². The average Bonchev–Trinajstić information content (AvgIpc) is 3.04. The van der Waals surface area contributed by atoms with Crippen molar-refractivity contribution >= 4 is 11.9 Å². The van der Waals surface area contributed by atoms with Crippen molar-refractivity contribution in [2.75, 3.05) is 37.8 Å². The van der Waals surface area contributed by atoms with Crippen LogP contribution in [0.1, 0.15) is 30.8 Å². The quantitative estimate of drug-likeness (QED) is 0.897. The van der Waals surface area contributed by atoms with E-state index in [-0.39, 0.29) is 17.8 Å². The third kappa shape index (κ3) is 4.22. The number of hydrogen-bond acceptors (Lipinski definition) is 6. The van der Waals surface area contributed by atoms with E-state index in [4.69, 9.17) is 5.73 Å². The predicted octanol–water partition coefficient (Wildman–Crippen LogP) is 2.28. The molecule has 1 saturated heterocycles. The zero-order chi connectivity index (χ0) is 18.0. The van der Waals surface area contributed by atoms with Gasteiger partial charge in [-0.15, -0.1) is 0 Å². The number of nitrogens with two attached hydrogens (primary N) is 1. The molecule has 6 nitrogen and oxygen atoms in total. The van der Waals surface area contributed by atoms with Crippen LogP contribution in [0.25, 0.3) is 0 Å². The first kappa shape index (κ1) is 17.5. The highest BCUT2D eigenvalue weighted by molar-refractivity contribution is 5.33. The lowest BCUT2D eigenvalue weighted by Gasteiger charge is -2.24. The minimum Gasteiger partial charge on any atom is -0.368 e. The highest BCUT2D eigenvalue weighted by Crippen LogP contribution is 2.28. The Morgan fingerprint density at radius 2 is 1.96 bits per heavy atom. The molecule has 0 saturated carbocycles. The molecule has 2 unspecified atom stereocenters. The SMILES string of the molecule is CC(c1nc(N)nc(N(C)C)n1)N1CCC(Cc2ccc(F)cc2)C1. The van der Waals surface area contributed by atoms with E-state index in [9.17, 15) is 4.39 Å². The number of nitrogens with zero attached hydrogens (tertiary/aromatic N) is 5. The highest BCUT2D eigenvalue weighted by atomic mass is 19.1. The summed E-state index contributed by atoms with van der Waals surface area (Å²) in [4.78, 5) is 17.2. The van der Waals surface area contributed by atoms with Crippen molar-refractivity contribution in [2.24, 2.45) is 5.92 Å². The van der Waals surface area contributed by atoms with Gasteiger partial charge in [-0.25, -0.2) is 4.39 Å². The number of aromatic nitrogens is 3. The molecule has 0 bridgehead atoms. The zero-order valence-electron chi connectivity index (χ0n) is 15.0. The van der Waals surface area contributed by atoms with E-state index in [1.165, 1.54) is 17.7 Å². The molecule has 2 heterocycles. The summed E-state index contributed by atoms with van der Waals surface area (Å²) >= 11 is 0. The van der Waals surface area contributed by atoms with Gasteiger partial charge in [-0.05, 0) is 49.9 Å². The van der Waals surface area contributed by atoms with E-state index in [1.54, 1.807) is 0 Å². The summed E-state index contributed by atoms with van der Waals surface area (Å²) in [5, 5.41) is 0. The van der Waals surface area contributed by atoms with Crippen molar-refractivity contribution in [1.82, 2.24) is 19.9 Å². The van der Waals surface area contributed by atoms with Crippen molar-refractivity contribution < 1.29 is 4.39 Å². The number of likely N-dealkylation sites (tertiary alicyclic amines) is 1. The van der Waals surface area contributed by atoms with Gasteiger partial charge in [0.25, 0.3) is 0 Å². The van der Waals surface area contributed by atoms with Gasteiger partial charge in [0.1, 0.15) is 5.82 Å². The van der Waals surface area contributed by atoms with Crippen molar-refractivity contribution in [3.05, 3.63) is 41.5 Å². The highest BCUT2D eigenvalue weighted by Gasteiger charge is 2.28. The van der Waals surface area contributed by atoms with Crippen molar-refractivity contribution in [1.29, 1.82) is 0 Å². The molecule has 2 atom stereocenters. The second-order valence-corrected chi connectivity index (χ2v) is 6.90. The Bertz CT molecular complexity index is 718. The molecule has 1 aliphatic heterocycles. The summed E-state index contributed by atoms with van der Waals surface area (Å²) in [6.45, 7) is 4.08. The smallest absolute Gasteiger partial charge is 0.229 e. The molecule has 134 valence electrons. The fourth-order valence-electron chi connectivity index (χ4n) is 3.28. The Kier molecular flexibility index (Phi) is 5.13. The maximum absolute atomic E-state index is 13.0. The van der Waals surface area contributed by atoms with Crippen LogP contribution < -0.4 is 10.6 Å². The van der Waals surface area contributed by atoms with Crippen molar-refractivity contribution in [3.63, 3.8) is 0 Å².